The van der Waals surface area contributed by atoms with Crippen LogP contribution in [0, 0.1) is 0 Å². The van der Waals surface area contributed by atoms with Gasteiger partial charge in [-0.1, -0.05) is 47.5 Å². The summed E-state index contributed by atoms with van der Waals surface area (Å²) < 4.78 is 0. The minimum absolute atomic E-state index is 0.0230. The Morgan fingerprint density at radius 3 is 2.42 bits per heavy atom. The molecule has 7 heteroatoms. The van der Waals surface area contributed by atoms with Crippen LogP contribution in [-0.4, -0.2) is 18.4 Å². The van der Waals surface area contributed by atoms with E-state index in [2.05, 4.69) is 16.2 Å². The van der Waals surface area contributed by atoms with Crippen molar-refractivity contribution in [1.29, 1.82) is 0 Å². The highest BCUT2D eigenvalue weighted by Gasteiger charge is 2.12. The van der Waals surface area contributed by atoms with Gasteiger partial charge in [-0.25, -0.2) is 0 Å². The molecule has 5 nitrogen and oxygen atoms in total. The molecule has 0 radical (unpaired) electrons. The fourth-order valence-electron chi connectivity index (χ4n) is 2.04. The standard InChI is InChI=1S/C17H17Cl2N3O2/c1-11(14-8-7-13(18)9-15(14)19)20-10-16(23)21-22-17(24)12-5-3-2-4-6-12/h2-9,11,20H,10H2,1H3,(H,21,23)(H,22,24)/t11-/m1/s1. The third-order valence-electron chi connectivity index (χ3n) is 3.35. The first-order valence-electron chi connectivity index (χ1n) is 7.30. The second kappa shape index (κ2) is 8.68. The third kappa shape index (κ3) is 5.23. The number of carbonyl (C=O) groups excluding carboxylic acids is 2. The zero-order valence-corrected chi connectivity index (χ0v) is 14.5. The summed E-state index contributed by atoms with van der Waals surface area (Å²) >= 11 is 12.0. The Balaban J connectivity index is 1.79. The van der Waals surface area contributed by atoms with Crippen molar-refractivity contribution in [3.8, 4) is 0 Å². The van der Waals surface area contributed by atoms with Gasteiger partial charge in [0.05, 0.1) is 6.54 Å². The maximum atomic E-state index is 11.8. The van der Waals surface area contributed by atoms with Crippen LogP contribution in [0.4, 0.5) is 0 Å². The fourth-order valence-corrected chi connectivity index (χ4v) is 2.61. The van der Waals surface area contributed by atoms with Gasteiger partial charge >= 0.3 is 0 Å². The number of hydrazine groups is 1. The predicted molar refractivity (Wildman–Crippen MR) is 94.9 cm³/mol. The van der Waals surface area contributed by atoms with Crippen molar-refractivity contribution in [2.75, 3.05) is 6.54 Å². The molecule has 0 saturated carbocycles. The Labute approximate surface area is 150 Å². The van der Waals surface area contributed by atoms with Crippen LogP contribution in [0.15, 0.2) is 48.5 Å². The van der Waals surface area contributed by atoms with Crippen molar-refractivity contribution in [3.63, 3.8) is 0 Å². The molecule has 24 heavy (non-hydrogen) atoms. The monoisotopic (exact) mass is 365 g/mol. The molecule has 2 rings (SSSR count). The molecule has 2 aromatic carbocycles. The summed E-state index contributed by atoms with van der Waals surface area (Å²) in [7, 11) is 0. The molecule has 2 aromatic rings. The summed E-state index contributed by atoms with van der Waals surface area (Å²) in [6.45, 7) is 1.90. The highest BCUT2D eigenvalue weighted by molar-refractivity contribution is 6.35. The lowest BCUT2D eigenvalue weighted by Gasteiger charge is -2.16. The molecule has 126 valence electrons. The van der Waals surface area contributed by atoms with Crippen LogP contribution in [0.3, 0.4) is 0 Å². The normalized spacial score (nSPS) is 11.6. The largest absolute Gasteiger partial charge is 0.302 e. The molecule has 3 N–H and O–H groups in total. The number of amides is 2. The molecular weight excluding hydrogens is 349 g/mol. The average molecular weight is 366 g/mol. The number of halogens is 2. The predicted octanol–water partition coefficient (Wildman–Crippen LogP) is 3.11. The van der Waals surface area contributed by atoms with E-state index in [1.807, 2.05) is 13.0 Å². The van der Waals surface area contributed by atoms with Crippen LogP contribution in [0.2, 0.25) is 10.0 Å². The summed E-state index contributed by atoms with van der Waals surface area (Å²) in [6.07, 6.45) is 0. The Morgan fingerprint density at radius 2 is 1.75 bits per heavy atom. The lowest BCUT2D eigenvalue weighted by atomic mass is 10.1. The Bertz CT molecular complexity index is 723. The SMILES string of the molecule is C[C@@H](NCC(=O)NNC(=O)c1ccccc1)c1ccc(Cl)cc1Cl. The third-order valence-corrected chi connectivity index (χ3v) is 3.91. The summed E-state index contributed by atoms with van der Waals surface area (Å²) in [6, 6.07) is 13.7. The van der Waals surface area contributed by atoms with Gasteiger partial charge in [0.25, 0.3) is 11.8 Å². The van der Waals surface area contributed by atoms with Gasteiger partial charge in [-0.3, -0.25) is 20.4 Å². The van der Waals surface area contributed by atoms with E-state index in [1.54, 1.807) is 42.5 Å². The van der Waals surface area contributed by atoms with Crippen molar-refractivity contribution in [1.82, 2.24) is 16.2 Å². The van der Waals surface area contributed by atoms with Gasteiger partial charge in [0.1, 0.15) is 0 Å². The van der Waals surface area contributed by atoms with Crippen LogP contribution in [0.1, 0.15) is 28.9 Å². The zero-order valence-electron chi connectivity index (χ0n) is 13.0. The molecule has 1 atom stereocenters. The second-order valence-corrected chi connectivity index (χ2v) is 5.98. The van der Waals surface area contributed by atoms with Gasteiger partial charge < -0.3 is 5.32 Å². The van der Waals surface area contributed by atoms with E-state index in [4.69, 9.17) is 23.2 Å². The topological polar surface area (TPSA) is 70.2 Å². The smallest absolute Gasteiger partial charge is 0.269 e. The van der Waals surface area contributed by atoms with Crippen molar-refractivity contribution < 1.29 is 9.59 Å². The molecule has 0 saturated heterocycles. The second-order valence-electron chi connectivity index (χ2n) is 5.14. The molecule has 2 amide bonds. The lowest BCUT2D eigenvalue weighted by molar-refractivity contribution is -0.121. The van der Waals surface area contributed by atoms with E-state index in [0.29, 0.717) is 15.6 Å². The van der Waals surface area contributed by atoms with Crippen molar-refractivity contribution in [2.24, 2.45) is 0 Å². The number of hydrogen-bond acceptors (Lipinski definition) is 3. The van der Waals surface area contributed by atoms with Gasteiger partial charge in [0.15, 0.2) is 0 Å². The van der Waals surface area contributed by atoms with E-state index >= 15 is 0 Å². The summed E-state index contributed by atoms with van der Waals surface area (Å²) in [5.41, 5.74) is 6.02. The van der Waals surface area contributed by atoms with E-state index in [9.17, 15) is 9.59 Å². The quantitative estimate of drug-likeness (QED) is 0.713. The van der Waals surface area contributed by atoms with Crippen molar-refractivity contribution in [2.45, 2.75) is 13.0 Å². The minimum atomic E-state index is -0.377. The van der Waals surface area contributed by atoms with E-state index in [0.717, 1.165) is 5.56 Å². The van der Waals surface area contributed by atoms with Gasteiger partial charge in [-0.2, -0.15) is 0 Å². The van der Waals surface area contributed by atoms with Crippen LogP contribution in [0.5, 0.6) is 0 Å². The summed E-state index contributed by atoms with van der Waals surface area (Å²) in [5, 5.41) is 4.11. The number of nitrogens with one attached hydrogen (secondary N) is 3. The van der Waals surface area contributed by atoms with E-state index in [1.165, 1.54) is 0 Å². The highest BCUT2D eigenvalue weighted by Crippen LogP contribution is 2.25. The first kappa shape index (κ1) is 18.3. The summed E-state index contributed by atoms with van der Waals surface area (Å²) in [4.78, 5) is 23.6. The van der Waals surface area contributed by atoms with Crippen molar-refractivity contribution in [3.05, 3.63) is 69.7 Å². The first-order chi connectivity index (χ1) is 11.5. The van der Waals surface area contributed by atoms with Crippen LogP contribution >= 0.6 is 23.2 Å². The molecule has 0 heterocycles. The Morgan fingerprint density at radius 1 is 1.04 bits per heavy atom. The molecule has 0 aliphatic rings. The lowest BCUT2D eigenvalue weighted by Crippen LogP contribution is -2.45. The van der Waals surface area contributed by atoms with Crippen molar-refractivity contribution >= 4 is 35.0 Å². The molecule has 0 unspecified atom stereocenters. The van der Waals surface area contributed by atoms with Crippen LogP contribution in [0.25, 0.3) is 0 Å². The fraction of sp³-hybridized carbons (Fsp3) is 0.176. The van der Waals surface area contributed by atoms with E-state index in [-0.39, 0.29) is 24.4 Å². The maximum absolute atomic E-state index is 11.8. The molecule has 0 spiro atoms. The van der Waals surface area contributed by atoms with Gasteiger partial charge in [-0.05, 0) is 36.8 Å². The molecule has 0 aromatic heterocycles. The molecule has 0 aliphatic carbocycles. The Hall–Kier alpha value is -2.08. The number of rotatable bonds is 5. The molecule has 0 fully saturated rings. The van der Waals surface area contributed by atoms with Gasteiger partial charge in [-0.15, -0.1) is 0 Å². The molecular formula is C17H17Cl2N3O2. The molecule has 0 aliphatic heterocycles. The number of benzene rings is 2. The maximum Gasteiger partial charge on any atom is 0.269 e. The van der Waals surface area contributed by atoms with Gasteiger partial charge in [0.2, 0.25) is 0 Å². The summed E-state index contributed by atoms with van der Waals surface area (Å²) in [5.74, 6) is -0.742. The van der Waals surface area contributed by atoms with Gasteiger partial charge in [0, 0.05) is 21.7 Å². The highest BCUT2D eigenvalue weighted by atomic mass is 35.5. The minimum Gasteiger partial charge on any atom is -0.302 e. The van der Waals surface area contributed by atoms with Crippen LogP contribution < -0.4 is 16.2 Å². The average Bonchev–Trinajstić information content (AvgIpc) is 2.58. The van der Waals surface area contributed by atoms with E-state index < -0.39 is 0 Å². The zero-order chi connectivity index (χ0) is 17.5. The van der Waals surface area contributed by atoms with Crippen LogP contribution in [-0.2, 0) is 4.79 Å². The number of hydrogen-bond donors (Lipinski definition) is 3. The first-order valence-corrected chi connectivity index (χ1v) is 8.05. The molecule has 0 bridgehead atoms. The number of carbonyl (C=O) groups is 2. The Kier molecular flexibility index (Phi) is 6.61.